The molecule has 0 saturated heterocycles. The fourth-order valence-corrected chi connectivity index (χ4v) is 3.28. The molecule has 0 heterocycles. The Labute approximate surface area is 118 Å². The van der Waals surface area contributed by atoms with Crippen molar-refractivity contribution < 1.29 is 9.90 Å². The van der Waals surface area contributed by atoms with Crippen molar-refractivity contribution in [2.45, 2.75) is 37.0 Å². The van der Waals surface area contributed by atoms with Gasteiger partial charge in [0.05, 0.1) is 0 Å². The molecule has 2 N–H and O–H groups in total. The van der Waals surface area contributed by atoms with E-state index in [-0.39, 0.29) is 11.8 Å². The molecule has 0 aliphatic heterocycles. The van der Waals surface area contributed by atoms with Gasteiger partial charge in [-0.3, -0.25) is 4.79 Å². The monoisotopic (exact) mass is 279 g/mol. The summed E-state index contributed by atoms with van der Waals surface area (Å²) in [6, 6.07) is 7.35. The molecule has 3 nitrogen and oxygen atoms in total. The molecule has 0 aromatic heterocycles. The highest BCUT2D eigenvalue weighted by Gasteiger charge is 2.21. The molecule has 2 rings (SSSR count). The zero-order chi connectivity index (χ0) is 13.5. The van der Waals surface area contributed by atoms with Gasteiger partial charge in [0.25, 0.3) is 0 Å². The molecular weight excluding hydrogens is 258 g/mol. The fourth-order valence-electron chi connectivity index (χ4n) is 2.38. The summed E-state index contributed by atoms with van der Waals surface area (Å²) < 4.78 is 0. The lowest BCUT2D eigenvalue weighted by atomic mass is 10.1. The summed E-state index contributed by atoms with van der Waals surface area (Å²) in [6.07, 6.45) is 5.43. The average molecular weight is 279 g/mol. The second kappa shape index (κ2) is 7.43. The van der Waals surface area contributed by atoms with Crippen LogP contribution in [0.1, 0.15) is 32.1 Å². The Hall–Kier alpha value is -1.16. The standard InChI is InChI=1S/C15H21NO2S/c17-13-8-3-4-9-14(13)19-11-5-10-16-15(18)12-6-1-2-7-12/h3-4,8-9,12,17H,1-2,5-7,10-11H2,(H,16,18). The Kier molecular flexibility index (Phi) is 5.58. The highest BCUT2D eigenvalue weighted by Crippen LogP contribution is 2.28. The van der Waals surface area contributed by atoms with Gasteiger partial charge in [0.2, 0.25) is 5.91 Å². The van der Waals surface area contributed by atoms with Crippen LogP contribution in [0.2, 0.25) is 0 Å². The molecule has 0 atom stereocenters. The Bertz CT molecular complexity index is 416. The summed E-state index contributed by atoms with van der Waals surface area (Å²) in [7, 11) is 0. The van der Waals surface area contributed by atoms with Crippen molar-refractivity contribution in [1.29, 1.82) is 0 Å². The van der Waals surface area contributed by atoms with Crippen LogP contribution in [0.5, 0.6) is 5.75 Å². The highest BCUT2D eigenvalue weighted by molar-refractivity contribution is 7.99. The van der Waals surface area contributed by atoms with E-state index in [9.17, 15) is 9.90 Å². The number of phenols is 1. The van der Waals surface area contributed by atoms with E-state index in [0.29, 0.717) is 5.75 Å². The van der Waals surface area contributed by atoms with E-state index in [1.165, 1.54) is 12.8 Å². The number of hydrogen-bond donors (Lipinski definition) is 2. The summed E-state index contributed by atoms with van der Waals surface area (Å²) >= 11 is 1.63. The highest BCUT2D eigenvalue weighted by atomic mass is 32.2. The van der Waals surface area contributed by atoms with Gasteiger partial charge in [-0.15, -0.1) is 11.8 Å². The first-order valence-corrected chi connectivity index (χ1v) is 7.94. The lowest BCUT2D eigenvalue weighted by Crippen LogP contribution is -2.30. The first-order chi connectivity index (χ1) is 9.27. The number of benzene rings is 1. The van der Waals surface area contributed by atoms with Crippen LogP contribution < -0.4 is 5.32 Å². The van der Waals surface area contributed by atoms with E-state index in [2.05, 4.69) is 5.32 Å². The molecule has 1 aromatic carbocycles. The zero-order valence-electron chi connectivity index (χ0n) is 11.1. The SMILES string of the molecule is O=C(NCCCSc1ccccc1O)C1CCCC1. The first kappa shape index (κ1) is 14.3. The minimum atomic E-state index is 0.227. The van der Waals surface area contributed by atoms with E-state index >= 15 is 0 Å². The molecule has 19 heavy (non-hydrogen) atoms. The second-order valence-electron chi connectivity index (χ2n) is 4.94. The number of hydrogen-bond acceptors (Lipinski definition) is 3. The van der Waals surface area contributed by atoms with E-state index in [1.807, 2.05) is 18.2 Å². The van der Waals surface area contributed by atoms with E-state index in [1.54, 1.807) is 17.8 Å². The molecule has 1 saturated carbocycles. The van der Waals surface area contributed by atoms with Crippen LogP contribution >= 0.6 is 11.8 Å². The van der Waals surface area contributed by atoms with Gasteiger partial charge < -0.3 is 10.4 Å². The van der Waals surface area contributed by atoms with Crippen molar-refractivity contribution in [3.05, 3.63) is 24.3 Å². The Morgan fingerprint density at radius 3 is 2.79 bits per heavy atom. The molecule has 0 radical (unpaired) electrons. The molecule has 1 aliphatic carbocycles. The fraction of sp³-hybridized carbons (Fsp3) is 0.533. The minimum absolute atomic E-state index is 0.227. The van der Waals surface area contributed by atoms with Crippen LogP contribution in [0.15, 0.2) is 29.2 Å². The van der Waals surface area contributed by atoms with Crippen LogP contribution in [-0.2, 0) is 4.79 Å². The Morgan fingerprint density at radius 1 is 1.32 bits per heavy atom. The van der Waals surface area contributed by atoms with Gasteiger partial charge in [-0.05, 0) is 37.1 Å². The van der Waals surface area contributed by atoms with Gasteiger partial charge in [0.15, 0.2) is 0 Å². The topological polar surface area (TPSA) is 49.3 Å². The predicted molar refractivity (Wildman–Crippen MR) is 78.4 cm³/mol. The number of aromatic hydroxyl groups is 1. The largest absolute Gasteiger partial charge is 0.507 e. The minimum Gasteiger partial charge on any atom is -0.507 e. The summed E-state index contributed by atoms with van der Waals surface area (Å²) in [4.78, 5) is 12.7. The van der Waals surface area contributed by atoms with Crippen LogP contribution in [0, 0.1) is 5.92 Å². The average Bonchev–Trinajstić information content (AvgIpc) is 2.94. The van der Waals surface area contributed by atoms with E-state index in [0.717, 1.165) is 36.5 Å². The molecule has 0 bridgehead atoms. The lowest BCUT2D eigenvalue weighted by molar-refractivity contribution is -0.124. The van der Waals surface area contributed by atoms with Crippen LogP contribution in [0.4, 0.5) is 0 Å². The van der Waals surface area contributed by atoms with Crippen molar-refractivity contribution >= 4 is 17.7 Å². The van der Waals surface area contributed by atoms with Gasteiger partial charge in [0.1, 0.15) is 5.75 Å². The first-order valence-electron chi connectivity index (χ1n) is 6.96. The normalized spacial score (nSPS) is 15.6. The Balaban J connectivity index is 1.59. The predicted octanol–water partition coefficient (Wildman–Crippen LogP) is 3.18. The van der Waals surface area contributed by atoms with Gasteiger partial charge in [0, 0.05) is 17.4 Å². The molecule has 1 amide bonds. The maximum atomic E-state index is 11.8. The second-order valence-corrected chi connectivity index (χ2v) is 6.08. The lowest BCUT2D eigenvalue weighted by Gasteiger charge is -2.10. The van der Waals surface area contributed by atoms with Gasteiger partial charge >= 0.3 is 0 Å². The summed E-state index contributed by atoms with van der Waals surface area (Å²) in [6.45, 7) is 0.732. The molecule has 104 valence electrons. The molecule has 1 fully saturated rings. The summed E-state index contributed by atoms with van der Waals surface area (Å²) in [5, 5.41) is 12.6. The van der Waals surface area contributed by atoms with Crippen LogP contribution in [0.3, 0.4) is 0 Å². The molecule has 4 heteroatoms. The summed E-state index contributed by atoms with van der Waals surface area (Å²) in [5.74, 6) is 1.72. The third-order valence-corrected chi connectivity index (χ3v) is 4.62. The molecule has 1 aromatic rings. The maximum Gasteiger partial charge on any atom is 0.223 e. The van der Waals surface area contributed by atoms with Gasteiger partial charge in [-0.1, -0.05) is 25.0 Å². The van der Waals surface area contributed by atoms with Crippen molar-refractivity contribution in [1.82, 2.24) is 5.32 Å². The van der Waals surface area contributed by atoms with Crippen molar-refractivity contribution in [3.8, 4) is 5.75 Å². The number of thioether (sulfide) groups is 1. The maximum absolute atomic E-state index is 11.8. The quantitative estimate of drug-likeness (QED) is 0.621. The third kappa shape index (κ3) is 4.46. The van der Waals surface area contributed by atoms with Crippen LogP contribution in [-0.4, -0.2) is 23.3 Å². The van der Waals surface area contributed by atoms with Crippen molar-refractivity contribution in [2.75, 3.05) is 12.3 Å². The third-order valence-electron chi connectivity index (χ3n) is 3.47. The smallest absolute Gasteiger partial charge is 0.223 e. The number of para-hydroxylation sites is 1. The van der Waals surface area contributed by atoms with Gasteiger partial charge in [-0.25, -0.2) is 0 Å². The van der Waals surface area contributed by atoms with E-state index < -0.39 is 0 Å². The molecular formula is C15H21NO2S. The molecule has 0 unspecified atom stereocenters. The number of carbonyl (C=O) groups is 1. The van der Waals surface area contributed by atoms with Crippen molar-refractivity contribution in [3.63, 3.8) is 0 Å². The van der Waals surface area contributed by atoms with Gasteiger partial charge in [-0.2, -0.15) is 0 Å². The number of phenolic OH excluding ortho intramolecular Hbond substituents is 1. The summed E-state index contributed by atoms with van der Waals surface area (Å²) in [5.41, 5.74) is 0. The number of carbonyl (C=O) groups excluding carboxylic acids is 1. The number of rotatable bonds is 6. The Morgan fingerprint density at radius 2 is 2.05 bits per heavy atom. The van der Waals surface area contributed by atoms with E-state index in [4.69, 9.17) is 0 Å². The number of nitrogens with one attached hydrogen (secondary N) is 1. The van der Waals surface area contributed by atoms with Crippen molar-refractivity contribution in [2.24, 2.45) is 5.92 Å². The van der Waals surface area contributed by atoms with Crippen LogP contribution in [0.25, 0.3) is 0 Å². The molecule has 0 spiro atoms. The zero-order valence-corrected chi connectivity index (χ0v) is 11.9. The molecule has 1 aliphatic rings. The number of amides is 1.